The predicted molar refractivity (Wildman–Crippen MR) is 77.9 cm³/mol. The topological polar surface area (TPSA) is 66.6 Å². The lowest BCUT2D eigenvalue weighted by molar-refractivity contribution is -0.132. The van der Waals surface area contributed by atoms with Crippen molar-refractivity contribution < 1.29 is 9.90 Å². The molecule has 20 heavy (non-hydrogen) atoms. The fourth-order valence-corrected chi connectivity index (χ4v) is 2.16. The summed E-state index contributed by atoms with van der Waals surface area (Å²) in [4.78, 5) is 14.0. The van der Waals surface area contributed by atoms with Gasteiger partial charge < -0.3 is 15.7 Å². The Morgan fingerprint density at radius 3 is 2.65 bits per heavy atom. The Morgan fingerprint density at radius 2 is 2.10 bits per heavy atom. The zero-order chi connectivity index (χ0) is 14.5. The average molecular weight is 272 g/mol. The van der Waals surface area contributed by atoms with Gasteiger partial charge in [-0.25, -0.2) is 0 Å². The lowest BCUT2D eigenvalue weighted by Crippen LogP contribution is -2.45. The van der Waals surface area contributed by atoms with Gasteiger partial charge in [-0.1, -0.05) is 18.1 Å². The van der Waals surface area contributed by atoms with Crippen LogP contribution in [-0.2, 0) is 11.2 Å². The van der Waals surface area contributed by atoms with Crippen molar-refractivity contribution in [3.8, 4) is 18.1 Å². The van der Waals surface area contributed by atoms with Crippen LogP contribution in [0.2, 0.25) is 0 Å². The summed E-state index contributed by atoms with van der Waals surface area (Å²) in [7, 11) is 0. The SMILES string of the molecule is C#CCN(CC1CC1)C(=O)[C@@H](N)Cc1ccc(O)cc1. The molecule has 0 heterocycles. The molecule has 0 radical (unpaired) electrons. The summed E-state index contributed by atoms with van der Waals surface area (Å²) < 4.78 is 0. The first kappa shape index (κ1) is 14.4. The van der Waals surface area contributed by atoms with E-state index in [9.17, 15) is 9.90 Å². The van der Waals surface area contributed by atoms with Crippen molar-refractivity contribution in [3.05, 3.63) is 29.8 Å². The highest BCUT2D eigenvalue weighted by Crippen LogP contribution is 2.29. The first-order valence-corrected chi connectivity index (χ1v) is 6.86. The monoisotopic (exact) mass is 272 g/mol. The second-order valence-electron chi connectivity index (χ2n) is 5.34. The van der Waals surface area contributed by atoms with E-state index in [0.29, 0.717) is 25.4 Å². The van der Waals surface area contributed by atoms with E-state index in [0.717, 1.165) is 5.56 Å². The Bertz CT molecular complexity index is 500. The summed E-state index contributed by atoms with van der Waals surface area (Å²) in [5.74, 6) is 3.23. The normalized spacial score (nSPS) is 15.4. The lowest BCUT2D eigenvalue weighted by Gasteiger charge is -2.23. The number of aromatic hydroxyl groups is 1. The van der Waals surface area contributed by atoms with E-state index in [1.165, 1.54) is 12.8 Å². The molecule has 1 atom stereocenters. The average Bonchev–Trinajstić information content (AvgIpc) is 3.24. The molecular formula is C16H20N2O2. The van der Waals surface area contributed by atoms with Crippen molar-refractivity contribution in [3.63, 3.8) is 0 Å². The highest BCUT2D eigenvalue weighted by molar-refractivity contribution is 5.82. The molecule has 1 amide bonds. The van der Waals surface area contributed by atoms with Crippen molar-refractivity contribution in [2.24, 2.45) is 11.7 Å². The van der Waals surface area contributed by atoms with Crippen LogP contribution in [0.5, 0.6) is 5.75 Å². The van der Waals surface area contributed by atoms with Gasteiger partial charge in [-0.2, -0.15) is 0 Å². The van der Waals surface area contributed by atoms with Crippen LogP contribution in [0.4, 0.5) is 0 Å². The summed E-state index contributed by atoms with van der Waals surface area (Å²) in [6.07, 6.45) is 8.11. The van der Waals surface area contributed by atoms with Crippen molar-refractivity contribution in [1.29, 1.82) is 0 Å². The lowest BCUT2D eigenvalue weighted by atomic mass is 10.1. The van der Waals surface area contributed by atoms with E-state index in [1.54, 1.807) is 29.2 Å². The molecule has 1 aromatic carbocycles. The molecule has 4 heteroatoms. The molecule has 1 aliphatic carbocycles. The maximum atomic E-state index is 12.3. The van der Waals surface area contributed by atoms with Gasteiger partial charge in [0, 0.05) is 6.54 Å². The van der Waals surface area contributed by atoms with Crippen molar-refractivity contribution in [2.75, 3.05) is 13.1 Å². The van der Waals surface area contributed by atoms with E-state index >= 15 is 0 Å². The minimum Gasteiger partial charge on any atom is -0.508 e. The number of amides is 1. The van der Waals surface area contributed by atoms with Gasteiger partial charge in [0.15, 0.2) is 0 Å². The number of terminal acetylenes is 1. The summed E-state index contributed by atoms with van der Waals surface area (Å²) in [5, 5.41) is 9.24. The highest BCUT2D eigenvalue weighted by atomic mass is 16.3. The summed E-state index contributed by atoms with van der Waals surface area (Å²) >= 11 is 0. The maximum absolute atomic E-state index is 12.3. The van der Waals surface area contributed by atoms with Crippen molar-refractivity contribution in [1.82, 2.24) is 4.90 Å². The number of rotatable bonds is 6. The number of hydrogen-bond donors (Lipinski definition) is 2. The Labute approximate surface area is 119 Å². The van der Waals surface area contributed by atoms with Crippen LogP contribution >= 0.6 is 0 Å². The first-order chi connectivity index (χ1) is 9.60. The number of nitrogens with two attached hydrogens (primary N) is 1. The molecule has 4 nitrogen and oxygen atoms in total. The second-order valence-corrected chi connectivity index (χ2v) is 5.34. The molecule has 3 N–H and O–H groups in total. The summed E-state index contributed by atoms with van der Waals surface area (Å²) in [6.45, 7) is 1.03. The Kier molecular flexibility index (Phi) is 4.65. The third kappa shape index (κ3) is 4.01. The van der Waals surface area contributed by atoms with E-state index < -0.39 is 6.04 Å². The number of phenols is 1. The number of hydrogen-bond acceptors (Lipinski definition) is 3. The smallest absolute Gasteiger partial charge is 0.240 e. The van der Waals surface area contributed by atoms with Gasteiger partial charge in [-0.05, 0) is 42.9 Å². The van der Waals surface area contributed by atoms with Crippen LogP contribution in [0.1, 0.15) is 18.4 Å². The number of carbonyl (C=O) groups is 1. The molecule has 0 unspecified atom stereocenters. The van der Waals surface area contributed by atoms with Gasteiger partial charge in [0.25, 0.3) is 0 Å². The fourth-order valence-electron chi connectivity index (χ4n) is 2.16. The van der Waals surface area contributed by atoms with Gasteiger partial charge in [0.2, 0.25) is 5.91 Å². The molecule has 1 saturated carbocycles. The third-order valence-electron chi connectivity index (χ3n) is 3.48. The van der Waals surface area contributed by atoms with Crippen LogP contribution < -0.4 is 5.73 Å². The molecule has 0 aliphatic heterocycles. The number of phenolic OH excluding ortho intramolecular Hbond substituents is 1. The molecule has 106 valence electrons. The summed E-state index contributed by atoms with van der Waals surface area (Å²) in [6, 6.07) is 6.14. The number of nitrogens with zero attached hydrogens (tertiary/aromatic N) is 1. The molecule has 0 aromatic heterocycles. The van der Waals surface area contributed by atoms with Gasteiger partial charge in [-0.15, -0.1) is 6.42 Å². The van der Waals surface area contributed by atoms with E-state index in [-0.39, 0.29) is 11.7 Å². The van der Waals surface area contributed by atoms with Crippen molar-refractivity contribution >= 4 is 5.91 Å². The Hall–Kier alpha value is -1.99. The van der Waals surface area contributed by atoms with E-state index in [2.05, 4.69) is 5.92 Å². The zero-order valence-corrected chi connectivity index (χ0v) is 11.5. The molecule has 1 aliphatic rings. The van der Waals surface area contributed by atoms with Gasteiger partial charge in [-0.3, -0.25) is 4.79 Å². The van der Waals surface area contributed by atoms with Gasteiger partial charge in [0.1, 0.15) is 5.75 Å². The van der Waals surface area contributed by atoms with E-state index in [4.69, 9.17) is 12.2 Å². The molecule has 1 aromatic rings. The van der Waals surface area contributed by atoms with Gasteiger partial charge >= 0.3 is 0 Å². The predicted octanol–water partition coefficient (Wildman–Crippen LogP) is 1.13. The molecule has 2 rings (SSSR count). The van der Waals surface area contributed by atoms with Crippen molar-refractivity contribution in [2.45, 2.75) is 25.3 Å². The van der Waals surface area contributed by atoms with Crippen LogP contribution in [0.25, 0.3) is 0 Å². The largest absolute Gasteiger partial charge is 0.508 e. The molecule has 1 fully saturated rings. The first-order valence-electron chi connectivity index (χ1n) is 6.86. The molecule has 0 bridgehead atoms. The number of benzene rings is 1. The summed E-state index contributed by atoms with van der Waals surface area (Å²) in [5.41, 5.74) is 6.92. The van der Waals surface area contributed by atoms with Crippen LogP contribution in [-0.4, -0.2) is 35.0 Å². The number of carbonyl (C=O) groups excluding carboxylic acids is 1. The molecule has 0 saturated heterocycles. The quantitative estimate of drug-likeness (QED) is 0.763. The van der Waals surface area contributed by atoms with E-state index in [1.807, 2.05) is 0 Å². The Morgan fingerprint density at radius 1 is 1.45 bits per heavy atom. The maximum Gasteiger partial charge on any atom is 0.240 e. The molecule has 0 spiro atoms. The van der Waals surface area contributed by atoms with Gasteiger partial charge in [0.05, 0.1) is 12.6 Å². The second kappa shape index (κ2) is 6.44. The fraction of sp³-hybridized carbons (Fsp3) is 0.438. The third-order valence-corrected chi connectivity index (χ3v) is 3.48. The van der Waals surface area contributed by atoms with Crippen LogP contribution in [0, 0.1) is 18.3 Å². The van der Waals surface area contributed by atoms with Crippen LogP contribution in [0.15, 0.2) is 24.3 Å². The zero-order valence-electron chi connectivity index (χ0n) is 11.5. The minimum absolute atomic E-state index is 0.0945. The highest BCUT2D eigenvalue weighted by Gasteiger charge is 2.28. The van der Waals surface area contributed by atoms with Crippen LogP contribution in [0.3, 0.4) is 0 Å². The Balaban J connectivity index is 1.94. The minimum atomic E-state index is -0.591. The molecular weight excluding hydrogens is 252 g/mol. The standard InChI is InChI=1S/C16H20N2O2/c1-2-9-18(11-13-3-4-13)16(20)15(17)10-12-5-7-14(19)8-6-12/h1,5-8,13,15,19H,3-4,9-11,17H2/t15-/m0/s1.